The molecule has 2 heterocycles. The number of H-pyrrole nitrogens is 1. The van der Waals surface area contributed by atoms with Gasteiger partial charge in [-0.15, -0.1) is 0 Å². The van der Waals surface area contributed by atoms with Gasteiger partial charge in [0.25, 0.3) is 5.56 Å². The van der Waals surface area contributed by atoms with Gasteiger partial charge in [-0.3, -0.25) is 14.5 Å². The summed E-state index contributed by atoms with van der Waals surface area (Å²) >= 11 is 5.26. The normalized spacial score (nSPS) is 11.2. The topological polar surface area (TPSA) is 55.6 Å². The average Bonchev–Trinajstić information content (AvgIpc) is 2.72. The molecular formula is C14H20N4OS. The smallest absolute Gasteiger partial charge is 0.261 e. The SMILES string of the molecule is CCn1c(C)ccc(-c2n[nH]c(=S)n2CC(C)C)c1=O. The molecule has 0 aliphatic rings. The summed E-state index contributed by atoms with van der Waals surface area (Å²) in [7, 11) is 0. The first-order valence-corrected chi connectivity index (χ1v) is 7.22. The predicted octanol–water partition coefficient (Wildman–Crippen LogP) is 2.75. The quantitative estimate of drug-likeness (QED) is 0.882. The molecule has 2 rings (SSSR count). The fourth-order valence-electron chi connectivity index (χ4n) is 2.29. The zero-order valence-corrected chi connectivity index (χ0v) is 13.1. The Morgan fingerprint density at radius 2 is 2.05 bits per heavy atom. The third kappa shape index (κ3) is 2.60. The first-order chi connectivity index (χ1) is 9.45. The Morgan fingerprint density at radius 3 is 2.65 bits per heavy atom. The maximum absolute atomic E-state index is 12.5. The lowest BCUT2D eigenvalue weighted by Crippen LogP contribution is -2.24. The summed E-state index contributed by atoms with van der Waals surface area (Å²) < 4.78 is 4.19. The highest BCUT2D eigenvalue weighted by molar-refractivity contribution is 7.71. The van der Waals surface area contributed by atoms with Gasteiger partial charge in [-0.05, 0) is 44.1 Å². The van der Waals surface area contributed by atoms with Gasteiger partial charge < -0.3 is 4.57 Å². The molecular weight excluding hydrogens is 272 g/mol. The van der Waals surface area contributed by atoms with Crippen molar-refractivity contribution in [1.29, 1.82) is 0 Å². The average molecular weight is 292 g/mol. The largest absolute Gasteiger partial charge is 0.313 e. The Morgan fingerprint density at radius 1 is 1.35 bits per heavy atom. The highest BCUT2D eigenvalue weighted by Crippen LogP contribution is 2.15. The summed E-state index contributed by atoms with van der Waals surface area (Å²) in [6.07, 6.45) is 0. The van der Waals surface area contributed by atoms with Crippen molar-refractivity contribution in [2.45, 2.75) is 40.8 Å². The van der Waals surface area contributed by atoms with E-state index in [4.69, 9.17) is 12.2 Å². The second kappa shape index (κ2) is 5.75. The van der Waals surface area contributed by atoms with Crippen LogP contribution in [0.3, 0.4) is 0 Å². The van der Waals surface area contributed by atoms with Crippen molar-refractivity contribution < 1.29 is 0 Å². The summed E-state index contributed by atoms with van der Waals surface area (Å²) in [6.45, 7) is 9.50. The minimum absolute atomic E-state index is 0.0218. The van der Waals surface area contributed by atoms with Gasteiger partial charge >= 0.3 is 0 Å². The molecule has 0 bridgehead atoms. The van der Waals surface area contributed by atoms with E-state index in [2.05, 4.69) is 24.0 Å². The van der Waals surface area contributed by atoms with Crippen LogP contribution in [0.2, 0.25) is 0 Å². The van der Waals surface area contributed by atoms with Gasteiger partial charge in [-0.1, -0.05) is 13.8 Å². The van der Waals surface area contributed by atoms with Crippen LogP contribution in [0.4, 0.5) is 0 Å². The van der Waals surface area contributed by atoms with E-state index in [0.29, 0.717) is 28.6 Å². The molecule has 6 heteroatoms. The van der Waals surface area contributed by atoms with Crippen molar-refractivity contribution in [3.05, 3.63) is 33.0 Å². The number of hydrogen-bond acceptors (Lipinski definition) is 3. The molecule has 2 aromatic rings. The van der Waals surface area contributed by atoms with Crippen molar-refractivity contribution in [2.75, 3.05) is 0 Å². The Hall–Kier alpha value is -1.69. The van der Waals surface area contributed by atoms with Crippen molar-refractivity contribution in [1.82, 2.24) is 19.3 Å². The van der Waals surface area contributed by atoms with Crippen LogP contribution >= 0.6 is 12.2 Å². The van der Waals surface area contributed by atoms with Crippen LogP contribution in [-0.4, -0.2) is 19.3 Å². The third-order valence-corrected chi connectivity index (χ3v) is 3.57. The molecule has 0 aliphatic carbocycles. The number of aromatic amines is 1. The Kier molecular flexibility index (Phi) is 4.23. The third-order valence-electron chi connectivity index (χ3n) is 3.26. The molecule has 0 unspecified atom stereocenters. The van der Waals surface area contributed by atoms with Gasteiger partial charge in [0.2, 0.25) is 0 Å². The van der Waals surface area contributed by atoms with Crippen LogP contribution in [0.5, 0.6) is 0 Å². The van der Waals surface area contributed by atoms with E-state index in [1.54, 1.807) is 4.57 Å². The number of aromatic nitrogens is 4. The molecule has 0 fully saturated rings. The number of hydrogen-bond donors (Lipinski definition) is 1. The number of pyridine rings is 1. The maximum Gasteiger partial charge on any atom is 0.261 e. The second-order valence-electron chi connectivity index (χ2n) is 5.29. The van der Waals surface area contributed by atoms with E-state index in [1.807, 2.05) is 30.5 Å². The first-order valence-electron chi connectivity index (χ1n) is 6.81. The van der Waals surface area contributed by atoms with E-state index in [-0.39, 0.29) is 5.56 Å². The molecule has 0 amide bonds. The molecule has 0 saturated carbocycles. The molecule has 0 atom stereocenters. The lowest BCUT2D eigenvalue weighted by Gasteiger charge is -2.12. The van der Waals surface area contributed by atoms with E-state index in [1.165, 1.54) is 0 Å². The molecule has 5 nitrogen and oxygen atoms in total. The zero-order chi connectivity index (χ0) is 14.9. The van der Waals surface area contributed by atoms with Gasteiger partial charge in [-0.25, -0.2) is 0 Å². The van der Waals surface area contributed by atoms with Crippen molar-refractivity contribution in [3.8, 4) is 11.4 Å². The summed E-state index contributed by atoms with van der Waals surface area (Å²) in [4.78, 5) is 12.5. The molecule has 0 radical (unpaired) electrons. The highest BCUT2D eigenvalue weighted by atomic mass is 32.1. The molecule has 2 aromatic heterocycles. The van der Waals surface area contributed by atoms with Crippen LogP contribution in [0.25, 0.3) is 11.4 Å². The number of aryl methyl sites for hydroxylation is 1. The molecule has 0 spiro atoms. The van der Waals surface area contributed by atoms with Crippen LogP contribution < -0.4 is 5.56 Å². The van der Waals surface area contributed by atoms with E-state index in [0.717, 1.165) is 12.2 Å². The Bertz CT molecular complexity index is 724. The van der Waals surface area contributed by atoms with Crippen molar-refractivity contribution in [2.24, 2.45) is 5.92 Å². The van der Waals surface area contributed by atoms with Gasteiger partial charge in [-0.2, -0.15) is 5.10 Å². The van der Waals surface area contributed by atoms with E-state index in [9.17, 15) is 4.79 Å². The lowest BCUT2D eigenvalue weighted by molar-refractivity contribution is 0.521. The van der Waals surface area contributed by atoms with Crippen LogP contribution in [0.15, 0.2) is 16.9 Å². The van der Waals surface area contributed by atoms with Gasteiger partial charge in [0.15, 0.2) is 10.6 Å². The van der Waals surface area contributed by atoms with Gasteiger partial charge in [0.05, 0.1) is 5.56 Å². The van der Waals surface area contributed by atoms with Crippen LogP contribution in [-0.2, 0) is 13.1 Å². The highest BCUT2D eigenvalue weighted by Gasteiger charge is 2.15. The standard InChI is InChI=1S/C14H20N4OS/c1-5-17-10(4)6-7-11(13(17)19)12-15-16-14(20)18(12)8-9(2)3/h6-7,9H,5,8H2,1-4H3,(H,16,20). The molecule has 0 saturated heterocycles. The van der Waals surface area contributed by atoms with Gasteiger partial charge in [0, 0.05) is 18.8 Å². The van der Waals surface area contributed by atoms with Crippen LogP contribution in [0, 0.1) is 17.6 Å². The minimum atomic E-state index is -0.0218. The second-order valence-corrected chi connectivity index (χ2v) is 5.68. The monoisotopic (exact) mass is 292 g/mol. The zero-order valence-electron chi connectivity index (χ0n) is 12.3. The predicted molar refractivity (Wildman–Crippen MR) is 82.4 cm³/mol. The van der Waals surface area contributed by atoms with Crippen molar-refractivity contribution in [3.63, 3.8) is 0 Å². The fourth-order valence-corrected chi connectivity index (χ4v) is 2.50. The number of nitrogens with one attached hydrogen (secondary N) is 1. The van der Waals surface area contributed by atoms with Crippen LogP contribution in [0.1, 0.15) is 26.5 Å². The summed E-state index contributed by atoms with van der Waals surface area (Å²) in [5.41, 5.74) is 1.52. The maximum atomic E-state index is 12.5. The molecule has 0 aromatic carbocycles. The number of nitrogens with zero attached hydrogens (tertiary/aromatic N) is 3. The lowest BCUT2D eigenvalue weighted by atomic mass is 10.2. The molecule has 108 valence electrons. The summed E-state index contributed by atoms with van der Waals surface area (Å²) in [6, 6.07) is 3.77. The molecule has 1 N–H and O–H groups in total. The van der Waals surface area contributed by atoms with Gasteiger partial charge in [0.1, 0.15) is 0 Å². The van der Waals surface area contributed by atoms with Crippen molar-refractivity contribution >= 4 is 12.2 Å². The molecule has 20 heavy (non-hydrogen) atoms. The minimum Gasteiger partial charge on any atom is -0.313 e. The fraction of sp³-hybridized carbons (Fsp3) is 0.500. The Labute approximate surface area is 123 Å². The first kappa shape index (κ1) is 14.7. The molecule has 0 aliphatic heterocycles. The summed E-state index contributed by atoms with van der Waals surface area (Å²) in [5.74, 6) is 1.05. The number of rotatable bonds is 4. The van der Waals surface area contributed by atoms with E-state index >= 15 is 0 Å². The van der Waals surface area contributed by atoms with E-state index < -0.39 is 0 Å². The summed E-state index contributed by atoms with van der Waals surface area (Å²) in [5, 5.41) is 7.03. The Balaban J connectivity index is 2.64.